The van der Waals surface area contributed by atoms with Gasteiger partial charge in [0.2, 0.25) is 11.8 Å². The van der Waals surface area contributed by atoms with E-state index in [1.54, 1.807) is 28.8 Å². The molecular formula is C19H15ClN4O2S. The standard InChI is InChI=1S/C19H15ClN4O2S/c1-2-16-22-23-17(26-16)11-27-19-21-15-9-4-3-8-14(15)18(25)24(19)13-7-5-6-12(20)10-13/h3-10H,2,11H2,1H3. The lowest BCUT2D eigenvalue weighted by Crippen LogP contribution is -2.21. The largest absolute Gasteiger partial charge is 0.424 e. The summed E-state index contributed by atoms with van der Waals surface area (Å²) in [6, 6.07) is 14.4. The second-order valence-electron chi connectivity index (χ2n) is 5.76. The first kappa shape index (κ1) is 17.8. The molecule has 8 heteroatoms. The van der Waals surface area contributed by atoms with Gasteiger partial charge in [0.1, 0.15) is 0 Å². The number of thioether (sulfide) groups is 1. The minimum atomic E-state index is -0.148. The zero-order valence-corrected chi connectivity index (χ0v) is 16.0. The van der Waals surface area contributed by atoms with Gasteiger partial charge in [-0.2, -0.15) is 0 Å². The molecule has 0 fully saturated rings. The summed E-state index contributed by atoms with van der Waals surface area (Å²) in [4.78, 5) is 17.8. The molecule has 2 heterocycles. The van der Waals surface area contributed by atoms with Gasteiger partial charge in [-0.3, -0.25) is 9.36 Å². The van der Waals surface area contributed by atoms with Crippen LogP contribution in [0.25, 0.3) is 16.6 Å². The second-order valence-corrected chi connectivity index (χ2v) is 7.14. The van der Waals surface area contributed by atoms with Crippen LogP contribution in [0.4, 0.5) is 0 Å². The highest BCUT2D eigenvalue weighted by Crippen LogP contribution is 2.25. The Balaban J connectivity index is 1.82. The third-order valence-corrected chi connectivity index (χ3v) is 5.11. The predicted octanol–water partition coefficient (Wildman–Crippen LogP) is 4.28. The smallest absolute Gasteiger partial charge is 0.266 e. The molecule has 2 aromatic carbocycles. The van der Waals surface area contributed by atoms with E-state index in [2.05, 4.69) is 15.2 Å². The Labute approximate surface area is 164 Å². The summed E-state index contributed by atoms with van der Waals surface area (Å²) in [5.41, 5.74) is 1.15. The molecule has 0 bridgehead atoms. The summed E-state index contributed by atoms with van der Waals surface area (Å²) < 4.78 is 7.12. The molecule has 136 valence electrons. The highest BCUT2D eigenvalue weighted by atomic mass is 35.5. The first-order valence-electron chi connectivity index (χ1n) is 8.37. The van der Waals surface area contributed by atoms with Gasteiger partial charge in [0.25, 0.3) is 5.56 Å². The molecule has 0 aliphatic rings. The van der Waals surface area contributed by atoms with Crippen molar-refractivity contribution < 1.29 is 4.42 Å². The molecule has 0 aliphatic carbocycles. The van der Waals surface area contributed by atoms with E-state index >= 15 is 0 Å². The van der Waals surface area contributed by atoms with E-state index in [1.807, 2.05) is 31.2 Å². The molecule has 0 aliphatic heterocycles. The van der Waals surface area contributed by atoms with E-state index in [0.29, 0.717) is 50.7 Å². The van der Waals surface area contributed by atoms with Gasteiger partial charge in [0.15, 0.2) is 5.16 Å². The number of benzene rings is 2. The van der Waals surface area contributed by atoms with Crippen LogP contribution in [0.2, 0.25) is 5.02 Å². The lowest BCUT2D eigenvalue weighted by Gasteiger charge is -2.12. The molecule has 0 spiro atoms. The highest BCUT2D eigenvalue weighted by molar-refractivity contribution is 7.98. The molecule has 6 nitrogen and oxygen atoms in total. The third kappa shape index (κ3) is 3.61. The number of aryl methyl sites for hydroxylation is 1. The maximum Gasteiger partial charge on any atom is 0.266 e. The van der Waals surface area contributed by atoms with Gasteiger partial charge in [-0.05, 0) is 30.3 Å². The number of fused-ring (bicyclic) bond motifs is 1. The van der Waals surface area contributed by atoms with Gasteiger partial charge >= 0.3 is 0 Å². The minimum absolute atomic E-state index is 0.148. The van der Waals surface area contributed by atoms with Crippen LogP contribution in [0.15, 0.2) is 62.9 Å². The van der Waals surface area contributed by atoms with Crippen molar-refractivity contribution in [2.75, 3.05) is 0 Å². The van der Waals surface area contributed by atoms with Crippen molar-refractivity contribution in [2.24, 2.45) is 0 Å². The molecule has 0 saturated heterocycles. The molecule has 0 unspecified atom stereocenters. The first-order valence-corrected chi connectivity index (χ1v) is 9.74. The number of para-hydroxylation sites is 1. The quantitative estimate of drug-likeness (QED) is 0.369. The number of hydrogen-bond donors (Lipinski definition) is 0. The van der Waals surface area contributed by atoms with E-state index in [1.165, 1.54) is 11.8 Å². The minimum Gasteiger partial charge on any atom is -0.424 e. The van der Waals surface area contributed by atoms with Crippen molar-refractivity contribution in [3.05, 3.63) is 75.7 Å². The molecule has 0 N–H and O–H groups in total. The van der Waals surface area contributed by atoms with E-state index in [0.717, 1.165) is 0 Å². The molecule has 4 aromatic rings. The Kier molecular flexibility index (Phi) is 4.96. The summed E-state index contributed by atoms with van der Waals surface area (Å²) in [6.45, 7) is 1.95. The lowest BCUT2D eigenvalue weighted by atomic mass is 10.2. The molecule has 2 aromatic heterocycles. The van der Waals surface area contributed by atoms with Crippen LogP contribution in [0, 0.1) is 0 Å². The first-order chi connectivity index (χ1) is 13.2. The average Bonchev–Trinajstić information content (AvgIpc) is 3.14. The van der Waals surface area contributed by atoms with Crippen LogP contribution in [0.1, 0.15) is 18.7 Å². The van der Waals surface area contributed by atoms with Gasteiger partial charge in [-0.1, -0.05) is 48.5 Å². The van der Waals surface area contributed by atoms with Gasteiger partial charge in [-0.15, -0.1) is 10.2 Å². The van der Waals surface area contributed by atoms with Gasteiger partial charge in [0.05, 0.1) is 22.3 Å². The Hall–Kier alpha value is -2.64. The van der Waals surface area contributed by atoms with Crippen LogP contribution in [-0.2, 0) is 12.2 Å². The summed E-state index contributed by atoms with van der Waals surface area (Å²) in [5.74, 6) is 1.50. The number of halogens is 1. The summed E-state index contributed by atoms with van der Waals surface area (Å²) in [7, 11) is 0. The molecular weight excluding hydrogens is 384 g/mol. The zero-order chi connectivity index (χ0) is 18.8. The van der Waals surface area contributed by atoms with Crippen LogP contribution >= 0.6 is 23.4 Å². The zero-order valence-electron chi connectivity index (χ0n) is 14.4. The SMILES string of the molecule is CCc1nnc(CSc2nc3ccccc3c(=O)n2-c2cccc(Cl)c2)o1. The van der Waals surface area contributed by atoms with E-state index in [-0.39, 0.29) is 5.56 Å². The summed E-state index contributed by atoms with van der Waals surface area (Å²) >= 11 is 7.50. The van der Waals surface area contributed by atoms with Crippen LogP contribution in [0.3, 0.4) is 0 Å². The maximum absolute atomic E-state index is 13.1. The molecule has 0 radical (unpaired) electrons. The predicted molar refractivity (Wildman–Crippen MR) is 106 cm³/mol. The normalized spacial score (nSPS) is 11.2. The Morgan fingerprint density at radius 2 is 1.93 bits per heavy atom. The van der Waals surface area contributed by atoms with Crippen LogP contribution < -0.4 is 5.56 Å². The van der Waals surface area contributed by atoms with Gasteiger partial charge < -0.3 is 4.42 Å². The van der Waals surface area contributed by atoms with Crippen molar-refractivity contribution >= 4 is 34.3 Å². The third-order valence-electron chi connectivity index (χ3n) is 3.95. The fourth-order valence-electron chi connectivity index (χ4n) is 2.67. The van der Waals surface area contributed by atoms with Crippen molar-refractivity contribution in [1.82, 2.24) is 19.7 Å². The van der Waals surface area contributed by atoms with E-state index < -0.39 is 0 Å². The van der Waals surface area contributed by atoms with Gasteiger partial charge in [0, 0.05) is 11.4 Å². The highest BCUT2D eigenvalue weighted by Gasteiger charge is 2.15. The van der Waals surface area contributed by atoms with E-state index in [9.17, 15) is 4.79 Å². The topological polar surface area (TPSA) is 73.8 Å². The Morgan fingerprint density at radius 3 is 2.70 bits per heavy atom. The molecule has 0 saturated carbocycles. The fraction of sp³-hybridized carbons (Fsp3) is 0.158. The van der Waals surface area contributed by atoms with Crippen molar-refractivity contribution in [3.63, 3.8) is 0 Å². The monoisotopic (exact) mass is 398 g/mol. The molecule has 0 amide bonds. The maximum atomic E-state index is 13.1. The number of rotatable bonds is 5. The Morgan fingerprint density at radius 1 is 1.11 bits per heavy atom. The van der Waals surface area contributed by atoms with E-state index in [4.69, 9.17) is 16.0 Å². The number of nitrogens with zero attached hydrogens (tertiary/aromatic N) is 4. The lowest BCUT2D eigenvalue weighted by molar-refractivity contribution is 0.469. The van der Waals surface area contributed by atoms with Crippen molar-refractivity contribution in [3.8, 4) is 5.69 Å². The molecule has 0 atom stereocenters. The molecule has 27 heavy (non-hydrogen) atoms. The van der Waals surface area contributed by atoms with Gasteiger partial charge in [-0.25, -0.2) is 4.98 Å². The Bertz CT molecular complexity index is 1170. The number of aromatic nitrogens is 4. The van der Waals surface area contributed by atoms with Crippen molar-refractivity contribution in [2.45, 2.75) is 24.3 Å². The summed E-state index contributed by atoms with van der Waals surface area (Å²) in [6.07, 6.45) is 0.680. The van der Waals surface area contributed by atoms with Crippen molar-refractivity contribution in [1.29, 1.82) is 0 Å². The van der Waals surface area contributed by atoms with Crippen LogP contribution in [-0.4, -0.2) is 19.7 Å². The second kappa shape index (κ2) is 7.54. The van der Waals surface area contributed by atoms with Crippen LogP contribution in [0.5, 0.6) is 0 Å². The molecule has 4 rings (SSSR count). The number of hydrogen-bond acceptors (Lipinski definition) is 6. The summed E-state index contributed by atoms with van der Waals surface area (Å²) in [5, 5.41) is 9.64. The fourth-order valence-corrected chi connectivity index (χ4v) is 3.70. The average molecular weight is 399 g/mol.